The molecule has 1 aromatic heterocycles. The summed E-state index contributed by atoms with van der Waals surface area (Å²) in [6, 6.07) is 6.42. The molecule has 0 aliphatic heterocycles. The van der Waals surface area contributed by atoms with Crippen LogP contribution in [0.25, 0.3) is 0 Å². The van der Waals surface area contributed by atoms with Crippen LogP contribution in [0.3, 0.4) is 0 Å². The van der Waals surface area contributed by atoms with Crippen LogP contribution >= 0.6 is 0 Å². The number of carbonyl (C=O) groups excluding carboxylic acids is 1. The summed E-state index contributed by atoms with van der Waals surface area (Å²) in [5.41, 5.74) is 0.606. The van der Waals surface area contributed by atoms with Crippen molar-refractivity contribution in [3.05, 3.63) is 59.3 Å². The molecule has 0 spiro atoms. The van der Waals surface area contributed by atoms with Gasteiger partial charge in [0.25, 0.3) is 5.91 Å². The third-order valence-corrected chi connectivity index (χ3v) is 2.96. The highest BCUT2D eigenvalue weighted by Crippen LogP contribution is 2.14. The van der Waals surface area contributed by atoms with Gasteiger partial charge in [-0.05, 0) is 12.1 Å². The Balaban J connectivity index is 2.11. The van der Waals surface area contributed by atoms with Gasteiger partial charge < -0.3 is 9.64 Å². The van der Waals surface area contributed by atoms with E-state index in [1.54, 1.807) is 12.1 Å². The maximum Gasteiger partial charge on any atom is 0.255 e. The quantitative estimate of drug-likeness (QED) is 0.870. The van der Waals surface area contributed by atoms with E-state index in [0.29, 0.717) is 11.4 Å². The number of hydrogen-bond acceptors (Lipinski definition) is 3. The highest BCUT2D eigenvalue weighted by molar-refractivity contribution is 5.93. The van der Waals surface area contributed by atoms with Crippen molar-refractivity contribution in [1.29, 1.82) is 0 Å². The summed E-state index contributed by atoms with van der Waals surface area (Å²) < 4.78 is 31.3. The molecule has 2 rings (SSSR count). The topological polar surface area (TPSA) is 42.4 Å². The fourth-order valence-electron chi connectivity index (χ4n) is 1.83. The van der Waals surface area contributed by atoms with Crippen molar-refractivity contribution in [2.24, 2.45) is 0 Å². The third kappa shape index (κ3) is 3.53. The molecule has 0 atom stereocenters. The maximum absolute atomic E-state index is 13.6. The van der Waals surface area contributed by atoms with Crippen molar-refractivity contribution in [3.8, 4) is 5.88 Å². The average Bonchev–Trinajstić information content (AvgIpc) is 2.49. The minimum absolute atomic E-state index is 0.0387. The van der Waals surface area contributed by atoms with Gasteiger partial charge in [0.15, 0.2) is 0 Å². The summed E-state index contributed by atoms with van der Waals surface area (Å²) in [6.07, 6.45) is 1.39. The van der Waals surface area contributed by atoms with E-state index in [-0.39, 0.29) is 18.0 Å². The highest BCUT2D eigenvalue weighted by Gasteiger charge is 2.14. The second-order valence-electron chi connectivity index (χ2n) is 4.49. The molecule has 4 nitrogen and oxygen atoms in total. The van der Waals surface area contributed by atoms with Crippen LogP contribution in [0.1, 0.15) is 15.9 Å². The molecule has 0 saturated heterocycles. The van der Waals surface area contributed by atoms with Crippen LogP contribution in [0, 0.1) is 11.6 Å². The zero-order chi connectivity index (χ0) is 15.4. The Labute approximate surface area is 121 Å². The number of ether oxygens (including phenoxy) is 1. The molecule has 6 heteroatoms. The van der Waals surface area contributed by atoms with Crippen LogP contribution in [-0.2, 0) is 6.54 Å². The van der Waals surface area contributed by atoms with Crippen molar-refractivity contribution < 1.29 is 18.3 Å². The first-order valence-electron chi connectivity index (χ1n) is 6.20. The van der Waals surface area contributed by atoms with Crippen LogP contribution in [0.15, 0.2) is 36.5 Å². The van der Waals surface area contributed by atoms with Crippen molar-refractivity contribution in [2.45, 2.75) is 6.54 Å². The predicted molar refractivity (Wildman–Crippen MR) is 72.9 cm³/mol. The van der Waals surface area contributed by atoms with Gasteiger partial charge in [0, 0.05) is 37.5 Å². The highest BCUT2D eigenvalue weighted by atomic mass is 19.1. The number of carbonyl (C=O) groups is 1. The number of halogens is 2. The molecule has 0 radical (unpaired) electrons. The standard InChI is InChI=1S/C15H14F2N2O2/c1-19(9-11-3-5-12(16)7-13(11)17)15(20)10-4-6-14(21-2)18-8-10/h3-8H,9H2,1-2H3. The summed E-state index contributed by atoms with van der Waals surface area (Å²) in [5.74, 6) is -1.24. The SMILES string of the molecule is COc1ccc(C(=O)N(C)Cc2ccc(F)cc2F)cn1. The smallest absolute Gasteiger partial charge is 0.255 e. The average molecular weight is 292 g/mol. The third-order valence-electron chi connectivity index (χ3n) is 2.96. The largest absolute Gasteiger partial charge is 0.481 e. The Kier molecular flexibility index (Phi) is 4.47. The van der Waals surface area contributed by atoms with Crippen molar-refractivity contribution >= 4 is 5.91 Å². The van der Waals surface area contributed by atoms with Gasteiger partial charge >= 0.3 is 0 Å². The van der Waals surface area contributed by atoms with Crippen LogP contribution in [0.5, 0.6) is 5.88 Å². The van der Waals surface area contributed by atoms with E-state index in [2.05, 4.69) is 4.98 Å². The normalized spacial score (nSPS) is 10.3. The Morgan fingerprint density at radius 3 is 2.62 bits per heavy atom. The van der Waals surface area contributed by atoms with Crippen LogP contribution in [0.2, 0.25) is 0 Å². The van der Waals surface area contributed by atoms with Crippen LogP contribution in [0.4, 0.5) is 8.78 Å². The van der Waals surface area contributed by atoms with Gasteiger partial charge in [-0.1, -0.05) is 6.07 Å². The lowest BCUT2D eigenvalue weighted by Crippen LogP contribution is -2.26. The minimum atomic E-state index is -0.678. The van der Waals surface area contributed by atoms with Gasteiger partial charge in [-0.2, -0.15) is 0 Å². The lowest BCUT2D eigenvalue weighted by atomic mass is 10.2. The number of nitrogens with zero attached hydrogens (tertiary/aromatic N) is 2. The molecule has 1 aromatic carbocycles. The van der Waals surface area contributed by atoms with Crippen molar-refractivity contribution in [1.82, 2.24) is 9.88 Å². The molecular weight excluding hydrogens is 278 g/mol. The van der Waals surface area contributed by atoms with E-state index in [1.165, 1.54) is 31.3 Å². The predicted octanol–water partition coefficient (Wildman–Crippen LogP) is 2.64. The number of amides is 1. The minimum Gasteiger partial charge on any atom is -0.481 e. The van der Waals surface area contributed by atoms with Crippen LogP contribution in [-0.4, -0.2) is 29.9 Å². The fourth-order valence-corrected chi connectivity index (χ4v) is 1.83. The van der Waals surface area contributed by atoms with Gasteiger partial charge in [0.2, 0.25) is 5.88 Å². The second kappa shape index (κ2) is 6.30. The molecule has 0 fully saturated rings. The molecule has 1 heterocycles. The molecular formula is C15H14F2N2O2. The first-order chi connectivity index (χ1) is 10.0. The molecule has 0 N–H and O–H groups in total. The first-order valence-corrected chi connectivity index (χ1v) is 6.20. The van der Waals surface area contributed by atoms with E-state index in [4.69, 9.17) is 4.74 Å². The van der Waals surface area contributed by atoms with E-state index in [9.17, 15) is 13.6 Å². The molecule has 0 bridgehead atoms. The van der Waals surface area contributed by atoms with Gasteiger partial charge in [-0.25, -0.2) is 13.8 Å². The Morgan fingerprint density at radius 1 is 1.29 bits per heavy atom. The Hall–Kier alpha value is -2.50. The maximum atomic E-state index is 13.6. The number of pyridine rings is 1. The van der Waals surface area contributed by atoms with Gasteiger partial charge in [0.05, 0.1) is 12.7 Å². The van der Waals surface area contributed by atoms with E-state index < -0.39 is 11.6 Å². The van der Waals surface area contributed by atoms with E-state index >= 15 is 0 Å². The fraction of sp³-hybridized carbons (Fsp3) is 0.200. The molecule has 2 aromatic rings. The number of aromatic nitrogens is 1. The number of rotatable bonds is 4. The molecule has 0 saturated carbocycles. The lowest BCUT2D eigenvalue weighted by Gasteiger charge is -2.17. The molecule has 0 aliphatic rings. The lowest BCUT2D eigenvalue weighted by molar-refractivity contribution is 0.0783. The summed E-state index contributed by atoms with van der Waals surface area (Å²) in [5, 5.41) is 0. The van der Waals surface area contributed by atoms with Gasteiger partial charge in [-0.15, -0.1) is 0 Å². The molecule has 110 valence electrons. The van der Waals surface area contributed by atoms with Gasteiger partial charge in [0.1, 0.15) is 11.6 Å². The molecule has 0 unspecified atom stereocenters. The van der Waals surface area contributed by atoms with Crippen molar-refractivity contribution in [3.63, 3.8) is 0 Å². The second-order valence-corrected chi connectivity index (χ2v) is 4.49. The Bertz CT molecular complexity index is 645. The van der Waals surface area contributed by atoms with E-state index in [1.807, 2.05) is 0 Å². The zero-order valence-corrected chi connectivity index (χ0v) is 11.6. The van der Waals surface area contributed by atoms with Crippen LogP contribution < -0.4 is 4.74 Å². The summed E-state index contributed by atoms with van der Waals surface area (Å²) >= 11 is 0. The molecule has 0 aliphatic carbocycles. The summed E-state index contributed by atoms with van der Waals surface area (Å²) in [6.45, 7) is 0.0387. The monoisotopic (exact) mass is 292 g/mol. The Morgan fingerprint density at radius 2 is 2.05 bits per heavy atom. The first kappa shape index (κ1) is 14.9. The number of hydrogen-bond donors (Lipinski definition) is 0. The van der Waals surface area contributed by atoms with Gasteiger partial charge in [-0.3, -0.25) is 4.79 Å². The number of methoxy groups -OCH3 is 1. The summed E-state index contributed by atoms with van der Waals surface area (Å²) in [7, 11) is 3.02. The summed E-state index contributed by atoms with van der Waals surface area (Å²) in [4.78, 5) is 17.5. The molecule has 1 amide bonds. The van der Waals surface area contributed by atoms with E-state index in [0.717, 1.165) is 12.1 Å². The zero-order valence-electron chi connectivity index (χ0n) is 11.6. The molecule has 21 heavy (non-hydrogen) atoms. The van der Waals surface area contributed by atoms with Crippen molar-refractivity contribution in [2.75, 3.05) is 14.2 Å². The number of benzene rings is 1.